The lowest BCUT2D eigenvalue weighted by Crippen LogP contribution is -2.10. The molecular formula is C9H16N2. The fourth-order valence-electron chi connectivity index (χ4n) is 1.36. The van der Waals surface area contributed by atoms with Crippen molar-refractivity contribution in [2.24, 2.45) is 5.73 Å². The number of hydrogen-bond donors (Lipinski definition) is 1. The molecule has 1 heterocycles. The summed E-state index contributed by atoms with van der Waals surface area (Å²) >= 11 is 0. The summed E-state index contributed by atoms with van der Waals surface area (Å²) in [6.45, 7) is 5.95. The Kier molecular flexibility index (Phi) is 2.71. The SMILES string of the molecule is CCc1cc(C)cn1CCN. The maximum atomic E-state index is 5.47. The molecule has 0 bridgehead atoms. The third-order valence-electron chi connectivity index (χ3n) is 1.85. The maximum Gasteiger partial charge on any atom is 0.0345 e. The average molecular weight is 152 g/mol. The van der Waals surface area contributed by atoms with Crippen molar-refractivity contribution >= 4 is 0 Å². The second-order valence-electron chi connectivity index (χ2n) is 2.84. The molecule has 0 unspecified atom stereocenters. The van der Waals surface area contributed by atoms with Crippen LogP contribution in [0.15, 0.2) is 12.3 Å². The van der Waals surface area contributed by atoms with Gasteiger partial charge in [-0.25, -0.2) is 0 Å². The van der Waals surface area contributed by atoms with E-state index in [9.17, 15) is 0 Å². The molecule has 1 aromatic rings. The Bertz CT molecular complexity index is 225. The summed E-state index contributed by atoms with van der Waals surface area (Å²) in [4.78, 5) is 0. The third kappa shape index (κ3) is 1.84. The molecule has 11 heavy (non-hydrogen) atoms. The van der Waals surface area contributed by atoms with Crippen LogP contribution in [0.25, 0.3) is 0 Å². The van der Waals surface area contributed by atoms with Crippen LogP contribution in [0.1, 0.15) is 18.2 Å². The summed E-state index contributed by atoms with van der Waals surface area (Å²) in [6, 6.07) is 2.22. The van der Waals surface area contributed by atoms with E-state index in [-0.39, 0.29) is 0 Å². The van der Waals surface area contributed by atoms with Crippen molar-refractivity contribution in [3.05, 3.63) is 23.5 Å². The topological polar surface area (TPSA) is 30.9 Å². The number of hydrogen-bond acceptors (Lipinski definition) is 1. The molecular weight excluding hydrogens is 136 g/mol. The van der Waals surface area contributed by atoms with Crippen molar-refractivity contribution in [3.63, 3.8) is 0 Å². The molecule has 0 spiro atoms. The fourth-order valence-corrected chi connectivity index (χ4v) is 1.36. The van der Waals surface area contributed by atoms with Crippen LogP contribution in [0.4, 0.5) is 0 Å². The van der Waals surface area contributed by atoms with E-state index in [4.69, 9.17) is 5.73 Å². The van der Waals surface area contributed by atoms with Crippen LogP contribution < -0.4 is 5.73 Å². The minimum atomic E-state index is 0.723. The first-order chi connectivity index (χ1) is 5.27. The van der Waals surface area contributed by atoms with Gasteiger partial charge < -0.3 is 10.3 Å². The Labute approximate surface area is 68.0 Å². The van der Waals surface area contributed by atoms with Crippen molar-refractivity contribution in [1.82, 2.24) is 4.57 Å². The van der Waals surface area contributed by atoms with E-state index in [2.05, 4.69) is 30.7 Å². The van der Waals surface area contributed by atoms with Crippen LogP contribution in [-0.2, 0) is 13.0 Å². The van der Waals surface area contributed by atoms with E-state index in [1.807, 2.05) is 0 Å². The molecule has 0 fully saturated rings. The summed E-state index contributed by atoms with van der Waals surface area (Å²) in [5.41, 5.74) is 8.18. The average Bonchev–Trinajstić information content (AvgIpc) is 2.32. The van der Waals surface area contributed by atoms with Gasteiger partial charge in [0.05, 0.1) is 0 Å². The maximum absolute atomic E-state index is 5.47. The molecule has 1 rings (SSSR count). The van der Waals surface area contributed by atoms with Crippen LogP contribution >= 0.6 is 0 Å². The van der Waals surface area contributed by atoms with Crippen LogP contribution in [-0.4, -0.2) is 11.1 Å². The Morgan fingerprint density at radius 3 is 2.82 bits per heavy atom. The van der Waals surface area contributed by atoms with Gasteiger partial charge in [-0.05, 0) is 25.0 Å². The van der Waals surface area contributed by atoms with Gasteiger partial charge in [0.15, 0.2) is 0 Å². The van der Waals surface area contributed by atoms with E-state index in [1.54, 1.807) is 0 Å². The molecule has 0 radical (unpaired) electrons. The molecule has 0 amide bonds. The lowest BCUT2D eigenvalue weighted by Gasteiger charge is -2.03. The summed E-state index contributed by atoms with van der Waals surface area (Å²) in [5, 5.41) is 0. The second-order valence-corrected chi connectivity index (χ2v) is 2.84. The van der Waals surface area contributed by atoms with Gasteiger partial charge in [-0.2, -0.15) is 0 Å². The monoisotopic (exact) mass is 152 g/mol. The highest BCUT2D eigenvalue weighted by atomic mass is 15.0. The Morgan fingerprint density at radius 1 is 1.55 bits per heavy atom. The summed E-state index contributed by atoms with van der Waals surface area (Å²) < 4.78 is 2.23. The predicted molar refractivity (Wildman–Crippen MR) is 47.6 cm³/mol. The highest BCUT2D eigenvalue weighted by Crippen LogP contribution is 2.07. The number of nitrogens with zero attached hydrogens (tertiary/aromatic N) is 1. The van der Waals surface area contributed by atoms with Crippen LogP contribution in [0.5, 0.6) is 0 Å². The zero-order valence-corrected chi connectivity index (χ0v) is 7.30. The zero-order chi connectivity index (χ0) is 8.27. The molecule has 1 aromatic heterocycles. The zero-order valence-electron chi connectivity index (χ0n) is 7.30. The van der Waals surface area contributed by atoms with Crippen molar-refractivity contribution in [2.45, 2.75) is 26.8 Å². The first kappa shape index (κ1) is 8.34. The van der Waals surface area contributed by atoms with Crippen molar-refractivity contribution < 1.29 is 0 Å². The van der Waals surface area contributed by atoms with Crippen molar-refractivity contribution in [1.29, 1.82) is 0 Å². The highest BCUT2D eigenvalue weighted by molar-refractivity contribution is 5.17. The van der Waals surface area contributed by atoms with E-state index < -0.39 is 0 Å². The van der Waals surface area contributed by atoms with E-state index in [1.165, 1.54) is 11.3 Å². The Balaban J connectivity index is 2.83. The van der Waals surface area contributed by atoms with E-state index >= 15 is 0 Å². The molecule has 0 saturated carbocycles. The molecule has 62 valence electrons. The van der Waals surface area contributed by atoms with Gasteiger partial charge in [-0.1, -0.05) is 6.92 Å². The van der Waals surface area contributed by atoms with Gasteiger partial charge in [0.1, 0.15) is 0 Å². The Morgan fingerprint density at radius 2 is 2.27 bits per heavy atom. The molecule has 0 aliphatic heterocycles. The smallest absolute Gasteiger partial charge is 0.0345 e. The molecule has 2 heteroatoms. The van der Waals surface area contributed by atoms with Gasteiger partial charge in [0.25, 0.3) is 0 Å². The van der Waals surface area contributed by atoms with Gasteiger partial charge in [0.2, 0.25) is 0 Å². The number of nitrogens with two attached hydrogens (primary N) is 1. The van der Waals surface area contributed by atoms with Crippen LogP contribution in [0, 0.1) is 6.92 Å². The first-order valence-electron chi connectivity index (χ1n) is 4.13. The molecule has 0 aliphatic rings. The quantitative estimate of drug-likeness (QED) is 0.695. The summed E-state index contributed by atoms with van der Waals surface area (Å²) in [7, 11) is 0. The fraction of sp³-hybridized carbons (Fsp3) is 0.556. The standard InChI is InChI=1S/C9H16N2/c1-3-9-6-8(2)7-11(9)5-4-10/h6-7H,3-5,10H2,1-2H3. The molecule has 0 atom stereocenters. The van der Waals surface area contributed by atoms with E-state index in [0.29, 0.717) is 0 Å². The molecule has 2 N–H and O–H groups in total. The number of rotatable bonds is 3. The van der Waals surface area contributed by atoms with Gasteiger partial charge >= 0.3 is 0 Å². The lowest BCUT2D eigenvalue weighted by atomic mass is 10.3. The summed E-state index contributed by atoms with van der Waals surface area (Å²) in [6.07, 6.45) is 3.25. The largest absolute Gasteiger partial charge is 0.350 e. The number of aromatic nitrogens is 1. The molecule has 0 saturated heterocycles. The van der Waals surface area contributed by atoms with Crippen LogP contribution in [0.2, 0.25) is 0 Å². The predicted octanol–water partition coefficient (Wildman–Crippen LogP) is 1.32. The normalized spacial score (nSPS) is 10.5. The highest BCUT2D eigenvalue weighted by Gasteiger charge is 1.98. The number of aryl methyl sites for hydroxylation is 2. The third-order valence-corrected chi connectivity index (χ3v) is 1.85. The van der Waals surface area contributed by atoms with Gasteiger partial charge in [0, 0.05) is 25.0 Å². The van der Waals surface area contributed by atoms with E-state index in [0.717, 1.165) is 19.5 Å². The van der Waals surface area contributed by atoms with Crippen LogP contribution in [0.3, 0.4) is 0 Å². The minimum Gasteiger partial charge on any atom is -0.350 e. The Hall–Kier alpha value is -0.760. The van der Waals surface area contributed by atoms with Gasteiger partial charge in [-0.3, -0.25) is 0 Å². The molecule has 0 aliphatic carbocycles. The summed E-state index contributed by atoms with van der Waals surface area (Å²) in [5.74, 6) is 0. The molecule has 2 nitrogen and oxygen atoms in total. The second kappa shape index (κ2) is 3.58. The molecule has 0 aromatic carbocycles. The lowest BCUT2D eigenvalue weighted by molar-refractivity contribution is 0.678. The van der Waals surface area contributed by atoms with Gasteiger partial charge in [-0.15, -0.1) is 0 Å². The van der Waals surface area contributed by atoms with Crippen molar-refractivity contribution in [3.8, 4) is 0 Å². The first-order valence-corrected chi connectivity index (χ1v) is 4.13. The minimum absolute atomic E-state index is 0.723. The van der Waals surface area contributed by atoms with Crippen molar-refractivity contribution in [2.75, 3.05) is 6.54 Å².